The summed E-state index contributed by atoms with van der Waals surface area (Å²) < 4.78 is 13.0. The molecule has 0 aliphatic carbocycles. The van der Waals surface area contributed by atoms with Crippen LogP contribution in [0.4, 0.5) is 0 Å². The summed E-state index contributed by atoms with van der Waals surface area (Å²) >= 11 is 0. The van der Waals surface area contributed by atoms with Crippen molar-refractivity contribution in [3.63, 3.8) is 0 Å². The van der Waals surface area contributed by atoms with E-state index in [1.54, 1.807) is 0 Å². The first kappa shape index (κ1) is 29.2. The number of furan rings is 1. The maximum absolute atomic E-state index is 6.50. The summed E-state index contributed by atoms with van der Waals surface area (Å²) in [5, 5.41) is 2.16. The van der Waals surface area contributed by atoms with Gasteiger partial charge in [-0.1, -0.05) is 152 Å². The fourth-order valence-electron chi connectivity index (χ4n) is 7.76. The van der Waals surface area contributed by atoms with Gasteiger partial charge < -0.3 is 9.15 Å². The molecule has 0 bridgehead atoms. The predicted octanol–water partition coefficient (Wildman–Crippen LogP) is 11.9. The van der Waals surface area contributed by atoms with Crippen LogP contribution in [0.1, 0.15) is 22.3 Å². The van der Waals surface area contributed by atoms with E-state index in [1.165, 1.54) is 5.56 Å². The highest BCUT2D eigenvalue weighted by Crippen LogP contribution is 2.55. The van der Waals surface area contributed by atoms with Crippen LogP contribution < -0.4 is 4.74 Å². The molecular formula is C47H30N2O2. The first-order valence-corrected chi connectivity index (χ1v) is 17.2. The van der Waals surface area contributed by atoms with Crippen LogP contribution in [0.5, 0.6) is 11.5 Å². The first-order valence-electron chi connectivity index (χ1n) is 17.2. The molecule has 0 N–H and O–H groups in total. The third kappa shape index (κ3) is 4.61. The number of hydrogen-bond donors (Lipinski definition) is 0. The zero-order valence-corrected chi connectivity index (χ0v) is 27.5. The largest absolute Gasteiger partial charge is 0.457 e. The molecule has 51 heavy (non-hydrogen) atoms. The Balaban J connectivity index is 1.17. The molecule has 10 rings (SSSR count). The standard InChI is InChI=1S/C47H30N2O2/c1-3-14-32(15-4-1)46-48-40(30-41(49-46)37-20-13-19-36-35-18-7-10-23-42(35)51-45(36)37)31-26-28-34(29-27-31)47(33-16-5-2-6-17-33)38-21-8-11-24-43(38)50-44-25-12-9-22-39(44)47/h1-30H. The van der Waals surface area contributed by atoms with Gasteiger partial charge in [0.25, 0.3) is 0 Å². The minimum absolute atomic E-state index is 0.589. The van der Waals surface area contributed by atoms with Gasteiger partial charge in [0, 0.05) is 38.6 Å². The van der Waals surface area contributed by atoms with Gasteiger partial charge in [-0.25, -0.2) is 9.97 Å². The smallest absolute Gasteiger partial charge is 0.160 e. The Hall–Kier alpha value is -6.78. The highest BCUT2D eigenvalue weighted by atomic mass is 16.5. The summed E-state index contributed by atoms with van der Waals surface area (Å²) in [6, 6.07) is 63.0. The number of aromatic nitrogens is 2. The van der Waals surface area contributed by atoms with E-state index in [2.05, 4.69) is 133 Å². The normalized spacial score (nSPS) is 13.0. The van der Waals surface area contributed by atoms with E-state index in [9.17, 15) is 0 Å². The van der Waals surface area contributed by atoms with Gasteiger partial charge in [0.2, 0.25) is 0 Å². The molecule has 0 unspecified atom stereocenters. The molecule has 9 aromatic rings. The van der Waals surface area contributed by atoms with Gasteiger partial charge >= 0.3 is 0 Å². The number of fused-ring (bicyclic) bond motifs is 5. The molecule has 0 atom stereocenters. The van der Waals surface area contributed by atoms with E-state index >= 15 is 0 Å². The molecule has 7 aromatic carbocycles. The Morgan fingerprint density at radius 1 is 0.431 bits per heavy atom. The molecule has 1 aliphatic heterocycles. The molecule has 1 aliphatic rings. The zero-order chi connectivity index (χ0) is 33.8. The van der Waals surface area contributed by atoms with Gasteiger partial charge in [-0.3, -0.25) is 0 Å². The van der Waals surface area contributed by atoms with Gasteiger partial charge in [0.05, 0.1) is 16.8 Å². The van der Waals surface area contributed by atoms with Crippen molar-refractivity contribution in [1.29, 1.82) is 0 Å². The van der Waals surface area contributed by atoms with Gasteiger partial charge in [-0.05, 0) is 41.5 Å². The third-order valence-corrected chi connectivity index (χ3v) is 10.1. The van der Waals surface area contributed by atoms with Gasteiger partial charge in [-0.15, -0.1) is 0 Å². The molecule has 0 fully saturated rings. The van der Waals surface area contributed by atoms with Crippen LogP contribution in [0.3, 0.4) is 0 Å². The lowest BCUT2D eigenvalue weighted by molar-refractivity contribution is 0.434. The number of nitrogens with zero attached hydrogens (tertiary/aromatic N) is 2. The molecule has 4 heteroatoms. The number of rotatable bonds is 5. The van der Waals surface area contributed by atoms with E-state index in [-0.39, 0.29) is 0 Å². The molecule has 0 radical (unpaired) electrons. The van der Waals surface area contributed by atoms with Gasteiger partial charge in [-0.2, -0.15) is 0 Å². The van der Waals surface area contributed by atoms with Crippen LogP contribution in [0.2, 0.25) is 0 Å². The van der Waals surface area contributed by atoms with E-state index < -0.39 is 5.41 Å². The Morgan fingerprint density at radius 2 is 1.02 bits per heavy atom. The number of ether oxygens (including phenoxy) is 1. The quantitative estimate of drug-likeness (QED) is 0.185. The summed E-state index contributed by atoms with van der Waals surface area (Å²) in [6.07, 6.45) is 0. The second-order valence-electron chi connectivity index (χ2n) is 12.9. The molecule has 0 saturated heterocycles. The van der Waals surface area contributed by atoms with Crippen molar-refractivity contribution in [2.24, 2.45) is 0 Å². The minimum Gasteiger partial charge on any atom is -0.457 e. The van der Waals surface area contributed by atoms with Crippen molar-refractivity contribution in [3.8, 4) is 45.4 Å². The van der Waals surface area contributed by atoms with E-state index in [4.69, 9.17) is 19.1 Å². The Morgan fingerprint density at radius 3 is 1.76 bits per heavy atom. The maximum Gasteiger partial charge on any atom is 0.160 e. The van der Waals surface area contributed by atoms with Crippen LogP contribution in [0, 0.1) is 0 Å². The van der Waals surface area contributed by atoms with E-state index in [1.807, 2.05) is 48.5 Å². The van der Waals surface area contributed by atoms with Crippen LogP contribution in [-0.4, -0.2) is 9.97 Å². The topological polar surface area (TPSA) is 48.2 Å². The second-order valence-corrected chi connectivity index (χ2v) is 12.9. The Kier molecular flexibility index (Phi) is 6.68. The van der Waals surface area contributed by atoms with Crippen LogP contribution in [0.15, 0.2) is 186 Å². The summed E-state index contributed by atoms with van der Waals surface area (Å²) in [5.74, 6) is 2.38. The summed E-state index contributed by atoms with van der Waals surface area (Å²) in [4.78, 5) is 10.3. The van der Waals surface area contributed by atoms with E-state index in [0.29, 0.717) is 5.82 Å². The average Bonchev–Trinajstić information content (AvgIpc) is 3.60. The van der Waals surface area contributed by atoms with Gasteiger partial charge in [0.15, 0.2) is 5.82 Å². The van der Waals surface area contributed by atoms with Crippen molar-refractivity contribution in [1.82, 2.24) is 9.97 Å². The third-order valence-electron chi connectivity index (χ3n) is 10.1. The van der Waals surface area contributed by atoms with Crippen LogP contribution in [0.25, 0.3) is 55.8 Å². The molecule has 4 nitrogen and oxygen atoms in total. The highest BCUT2D eigenvalue weighted by Gasteiger charge is 2.45. The molecule has 3 heterocycles. The fourth-order valence-corrected chi connectivity index (χ4v) is 7.76. The molecule has 0 saturated carbocycles. The summed E-state index contributed by atoms with van der Waals surface area (Å²) in [7, 11) is 0. The number of hydrogen-bond acceptors (Lipinski definition) is 4. The Bertz CT molecular complexity index is 2670. The van der Waals surface area contributed by atoms with Crippen molar-refractivity contribution in [2.75, 3.05) is 0 Å². The van der Waals surface area contributed by atoms with Crippen LogP contribution in [-0.2, 0) is 5.41 Å². The van der Waals surface area contributed by atoms with Crippen molar-refractivity contribution >= 4 is 21.9 Å². The molecule has 0 amide bonds. The maximum atomic E-state index is 6.50. The average molecular weight is 655 g/mol. The predicted molar refractivity (Wildman–Crippen MR) is 204 cm³/mol. The molecule has 0 spiro atoms. The van der Waals surface area contributed by atoms with E-state index in [0.717, 1.165) is 78.2 Å². The van der Waals surface area contributed by atoms with Crippen LogP contribution >= 0.6 is 0 Å². The van der Waals surface area contributed by atoms with Crippen molar-refractivity contribution in [2.45, 2.75) is 5.41 Å². The summed E-state index contributed by atoms with van der Waals surface area (Å²) in [5.41, 5.74) is 10.1. The Labute approximate surface area is 295 Å². The second kappa shape index (κ2) is 11.7. The fraction of sp³-hybridized carbons (Fsp3) is 0.0213. The molecular weight excluding hydrogens is 625 g/mol. The first-order chi connectivity index (χ1) is 25.3. The number of benzene rings is 7. The SMILES string of the molecule is c1ccc(-c2nc(-c3ccc(C4(c5ccccc5)c5ccccc5Oc5ccccc54)cc3)cc(-c3cccc4c3oc3ccccc34)n2)cc1. The van der Waals surface area contributed by atoms with Crippen molar-refractivity contribution < 1.29 is 9.15 Å². The molecule has 240 valence electrons. The highest BCUT2D eigenvalue weighted by molar-refractivity contribution is 6.09. The summed E-state index contributed by atoms with van der Waals surface area (Å²) in [6.45, 7) is 0. The number of para-hydroxylation sites is 4. The molecule has 2 aromatic heterocycles. The van der Waals surface area contributed by atoms with Crippen molar-refractivity contribution in [3.05, 3.63) is 204 Å². The zero-order valence-electron chi connectivity index (χ0n) is 27.5. The lowest BCUT2D eigenvalue weighted by atomic mass is 9.63. The minimum atomic E-state index is -0.589. The lowest BCUT2D eigenvalue weighted by Crippen LogP contribution is -2.34. The monoisotopic (exact) mass is 654 g/mol. The lowest BCUT2D eigenvalue weighted by Gasteiger charge is -2.41. The van der Waals surface area contributed by atoms with Gasteiger partial charge in [0.1, 0.15) is 22.7 Å².